The lowest BCUT2D eigenvalue weighted by Crippen LogP contribution is -2.31. The number of rotatable bonds is 9. The number of esters is 1. The average molecular weight is 444 g/mol. The van der Waals surface area contributed by atoms with Gasteiger partial charge in [0, 0.05) is 36.6 Å². The molecule has 1 aromatic carbocycles. The van der Waals surface area contributed by atoms with Gasteiger partial charge in [0.05, 0.1) is 25.3 Å². The normalized spacial score (nSPS) is 12.9. The fraction of sp³-hybridized carbons (Fsp3) is 0.333. The van der Waals surface area contributed by atoms with E-state index in [-0.39, 0.29) is 24.2 Å². The number of hydrogen-bond donors (Lipinski definition) is 0. The maximum absolute atomic E-state index is 13.1. The lowest BCUT2D eigenvalue weighted by Gasteiger charge is -2.24. The highest BCUT2D eigenvalue weighted by Crippen LogP contribution is 2.33. The Labute approximate surface area is 194 Å². The summed E-state index contributed by atoms with van der Waals surface area (Å²) in [5, 5.41) is 0. The number of carbonyl (C=O) groups excluding carboxylic acids is 2. The quantitative estimate of drug-likeness (QED) is 0.456. The minimum Gasteiger partial charge on any atom is -0.466 e. The van der Waals surface area contributed by atoms with E-state index in [4.69, 9.17) is 4.74 Å². The Morgan fingerprint density at radius 1 is 1.09 bits per heavy atom. The Balaban J connectivity index is 1.63. The topological polar surface area (TPSA) is 72.4 Å². The van der Waals surface area contributed by atoms with E-state index in [1.165, 1.54) is 0 Å². The van der Waals surface area contributed by atoms with Gasteiger partial charge in [-0.25, -0.2) is 0 Å². The van der Waals surface area contributed by atoms with Crippen LogP contribution in [-0.2, 0) is 33.8 Å². The van der Waals surface area contributed by atoms with Gasteiger partial charge in [-0.15, -0.1) is 0 Å². The third-order valence-corrected chi connectivity index (χ3v) is 5.70. The van der Waals surface area contributed by atoms with Crippen molar-refractivity contribution in [1.29, 1.82) is 0 Å². The van der Waals surface area contributed by atoms with E-state index in [1.54, 1.807) is 25.5 Å². The van der Waals surface area contributed by atoms with Crippen LogP contribution in [0.15, 0.2) is 61.1 Å². The molecule has 0 saturated heterocycles. The first-order valence-electron chi connectivity index (χ1n) is 11.4. The van der Waals surface area contributed by atoms with E-state index >= 15 is 0 Å². The van der Waals surface area contributed by atoms with Crippen LogP contribution in [0.1, 0.15) is 42.1 Å². The van der Waals surface area contributed by atoms with Gasteiger partial charge in [-0.1, -0.05) is 29.8 Å². The summed E-state index contributed by atoms with van der Waals surface area (Å²) >= 11 is 0. The summed E-state index contributed by atoms with van der Waals surface area (Å²) in [4.78, 5) is 35.8. The standard InChI is InChI=1S/C27H29N3O3/c1-3-33-26(31)14-20-13-22(16-28-15-20)25-10-7-19(2)12-23(25)17-30(27(32)21-8-9-21)18-24-6-4-5-11-29-24/h4-7,10-13,15-16,21H,3,8-9,14,17-18H2,1-2H3. The summed E-state index contributed by atoms with van der Waals surface area (Å²) in [7, 11) is 0. The highest BCUT2D eigenvalue weighted by atomic mass is 16.5. The molecule has 0 atom stereocenters. The Morgan fingerprint density at radius 3 is 2.67 bits per heavy atom. The van der Waals surface area contributed by atoms with E-state index < -0.39 is 0 Å². The number of carbonyl (C=O) groups is 2. The molecule has 0 radical (unpaired) electrons. The molecule has 6 heteroatoms. The summed E-state index contributed by atoms with van der Waals surface area (Å²) < 4.78 is 5.08. The Bertz CT molecular complexity index is 1130. The van der Waals surface area contributed by atoms with Crippen LogP contribution in [0.5, 0.6) is 0 Å². The zero-order chi connectivity index (χ0) is 23.2. The predicted octanol–water partition coefficient (Wildman–Crippen LogP) is 4.50. The number of amides is 1. The van der Waals surface area contributed by atoms with Crippen molar-refractivity contribution in [2.24, 2.45) is 5.92 Å². The van der Waals surface area contributed by atoms with Crippen molar-refractivity contribution in [1.82, 2.24) is 14.9 Å². The first kappa shape index (κ1) is 22.6. The molecule has 1 fully saturated rings. The van der Waals surface area contributed by atoms with E-state index in [0.29, 0.717) is 19.7 Å². The van der Waals surface area contributed by atoms with Gasteiger partial charge >= 0.3 is 5.97 Å². The van der Waals surface area contributed by atoms with Crippen LogP contribution in [0.4, 0.5) is 0 Å². The minimum absolute atomic E-state index is 0.122. The number of ether oxygens (including phenoxy) is 1. The van der Waals surface area contributed by atoms with Crippen LogP contribution in [0, 0.1) is 12.8 Å². The molecule has 1 amide bonds. The van der Waals surface area contributed by atoms with Gasteiger partial charge in [-0.3, -0.25) is 19.6 Å². The van der Waals surface area contributed by atoms with Crippen LogP contribution in [0.3, 0.4) is 0 Å². The molecule has 4 rings (SSSR count). The molecule has 0 bridgehead atoms. The van der Waals surface area contributed by atoms with Gasteiger partial charge in [-0.05, 0) is 61.6 Å². The number of aromatic nitrogens is 2. The molecule has 0 unspecified atom stereocenters. The number of aryl methyl sites for hydroxylation is 1. The van der Waals surface area contributed by atoms with Gasteiger partial charge in [0.1, 0.15) is 0 Å². The molecule has 170 valence electrons. The van der Waals surface area contributed by atoms with E-state index in [9.17, 15) is 9.59 Å². The predicted molar refractivity (Wildman–Crippen MR) is 126 cm³/mol. The van der Waals surface area contributed by atoms with Crippen molar-refractivity contribution in [3.63, 3.8) is 0 Å². The smallest absolute Gasteiger partial charge is 0.310 e. The Hall–Kier alpha value is -3.54. The lowest BCUT2D eigenvalue weighted by atomic mass is 9.97. The fourth-order valence-corrected chi connectivity index (χ4v) is 3.94. The first-order valence-corrected chi connectivity index (χ1v) is 11.4. The molecule has 0 spiro atoms. The molecule has 1 aliphatic carbocycles. The van der Waals surface area contributed by atoms with Gasteiger partial charge in [0.25, 0.3) is 0 Å². The van der Waals surface area contributed by atoms with Crippen molar-refractivity contribution >= 4 is 11.9 Å². The molecule has 1 aliphatic rings. The van der Waals surface area contributed by atoms with Crippen molar-refractivity contribution in [3.8, 4) is 11.1 Å². The first-order chi connectivity index (χ1) is 16.0. The van der Waals surface area contributed by atoms with Crippen LogP contribution >= 0.6 is 0 Å². The summed E-state index contributed by atoms with van der Waals surface area (Å²) in [5.74, 6) is 0.0379. The SMILES string of the molecule is CCOC(=O)Cc1cncc(-c2ccc(C)cc2CN(Cc2ccccn2)C(=O)C2CC2)c1. The lowest BCUT2D eigenvalue weighted by molar-refractivity contribution is -0.142. The number of nitrogens with zero attached hydrogens (tertiary/aromatic N) is 3. The molecular formula is C27H29N3O3. The van der Waals surface area contributed by atoms with Crippen LogP contribution < -0.4 is 0 Å². The van der Waals surface area contributed by atoms with Gasteiger partial charge in [0.15, 0.2) is 0 Å². The van der Waals surface area contributed by atoms with E-state index in [2.05, 4.69) is 35.1 Å². The summed E-state index contributed by atoms with van der Waals surface area (Å²) in [5.41, 5.74) is 5.78. The average Bonchev–Trinajstić information content (AvgIpc) is 3.65. The highest BCUT2D eigenvalue weighted by molar-refractivity contribution is 5.81. The van der Waals surface area contributed by atoms with E-state index in [1.807, 2.05) is 29.2 Å². The van der Waals surface area contributed by atoms with Crippen LogP contribution in [0.2, 0.25) is 0 Å². The molecule has 3 aromatic rings. The summed E-state index contributed by atoms with van der Waals surface area (Å²) in [6, 6.07) is 14.0. The third kappa shape index (κ3) is 6.04. The van der Waals surface area contributed by atoms with Gasteiger partial charge in [-0.2, -0.15) is 0 Å². The monoisotopic (exact) mass is 443 g/mol. The van der Waals surface area contributed by atoms with Crippen molar-refractivity contribution in [2.45, 2.75) is 46.2 Å². The second kappa shape index (κ2) is 10.4. The third-order valence-electron chi connectivity index (χ3n) is 5.70. The molecule has 2 aromatic heterocycles. The van der Waals surface area contributed by atoms with Gasteiger partial charge in [0.2, 0.25) is 5.91 Å². The van der Waals surface area contributed by atoms with Crippen molar-refractivity contribution in [3.05, 3.63) is 83.4 Å². The van der Waals surface area contributed by atoms with Crippen molar-refractivity contribution < 1.29 is 14.3 Å². The van der Waals surface area contributed by atoms with Crippen molar-refractivity contribution in [2.75, 3.05) is 6.61 Å². The van der Waals surface area contributed by atoms with Crippen LogP contribution in [-0.4, -0.2) is 33.4 Å². The maximum Gasteiger partial charge on any atom is 0.310 e. The minimum atomic E-state index is -0.267. The second-order valence-electron chi connectivity index (χ2n) is 8.51. The zero-order valence-corrected chi connectivity index (χ0v) is 19.2. The largest absolute Gasteiger partial charge is 0.466 e. The highest BCUT2D eigenvalue weighted by Gasteiger charge is 2.33. The molecule has 6 nitrogen and oxygen atoms in total. The molecule has 0 N–H and O–H groups in total. The molecule has 1 saturated carbocycles. The number of benzene rings is 1. The number of hydrogen-bond acceptors (Lipinski definition) is 5. The molecular weight excluding hydrogens is 414 g/mol. The maximum atomic E-state index is 13.1. The Morgan fingerprint density at radius 2 is 1.94 bits per heavy atom. The van der Waals surface area contributed by atoms with E-state index in [0.717, 1.165) is 46.4 Å². The summed E-state index contributed by atoms with van der Waals surface area (Å²) in [6.07, 6.45) is 7.35. The molecule has 2 heterocycles. The summed E-state index contributed by atoms with van der Waals surface area (Å²) in [6.45, 7) is 5.17. The zero-order valence-electron chi connectivity index (χ0n) is 19.2. The number of pyridine rings is 2. The molecule has 33 heavy (non-hydrogen) atoms. The Kier molecular flexibility index (Phi) is 7.13. The van der Waals surface area contributed by atoms with Gasteiger partial charge < -0.3 is 9.64 Å². The molecule has 0 aliphatic heterocycles. The second-order valence-corrected chi connectivity index (χ2v) is 8.51. The van der Waals surface area contributed by atoms with Crippen LogP contribution in [0.25, 0.3) is 11.1 Å². The fourth-order valence-electron chi connectivity index (χ4n) is 3.94.